The summed E-state index contributed by atoms with van der Waals surface area (Å²) in [6.45, 7) is 2.97. The van der Waals surface area contributed by atoms with E-state index >= 15 is 0 Å². The van der Waals surface area contributed by atoms with Crippen molar-refractivity contribution in [2.24, 2.45) is 5.73 Å². The minimum atomic E-state index is -0.0106. The van der Waals surface area contributed by atoms with Gasteiger partial charge in [0.25, 0.3) is 0 Å². The van der Waals surface area contributed by atoms with Crippen LogP contribution >= 0.6 is 38.5 Å². The summed E-state index contributed by atoms with van der Waals surface area (Å²) in [4.78, 5) is 0. The zero-order chi connectivity index (χ0) is 13.1. The predicted molar refractivity (Wildman–Crippen MR) is 85.4 cm³/mol. The maximum Gasteiger partial charge on any atom is 0.0522 e. The van der Waals surface area contributed by atoms with E-state index in [-0.39, 0.29) is 6.04 Å². The molecule has 0 saturated heterocycles. The molecule has 0 spiro atoms. The highest BCUT2D eigenvalue weighted by atomic mass is 127. The minimum Gasteiger partial charge on any atom is -0.324 e. The summed E-state index contributed by atoms with van der Waals surface area (Å²) < 4.78 is 4.19. The molecule has 1 unspecified atom stereocenters. The van der Waals surface area contributed by atoms with E-state index in [1.54, 1.807) is 0 Å². The Kier molecular flexibility index (Phi) is 4.80. The standard InChI is InChI=1S/C13H15BrIN3/c1-2-18-8-9(7-17-18)5-13(16)11-6-10(15)3-4-12(11)14/h3-4,6-8,13H,2,5,16H2,1H3. The number of hydrogen-bond donors (Lipinski definition) is 1. The summed E-state index contributed by atoms with van der Waals surface area (Å²) >= 11 is 5.86. The van der Waals surface area contributed by atoms with Crippen LogP contribution in [0.5, 0.6) is 0 Å². The lowest BCUT2D eigenvalue weighted by Gasteiger charge is -2.13. The van der Waals surface area contributed by atoms with Crippen molar-refractivity contribution in [3.05, 3.63) is 49.8 Å². The molecule has 2 rings (SSSR count). The average Bonchev–Trinajstić information content (AvgIpc) is 2.80. The first kappa shape index (κ1) is 14.0. The molecule has 1 heterocycles. The van der Waals surface area contributed by atoms with Gasteiger partial charge in [0.05, 0.1) is 6.20 Å². The molecule has 0 amide bonds. The van der Waals surface area contributed by atoms with Crippen LogP contribution in [0.4, 0.5) is 0 Å². The van der Waals surface area contributed by atoms with Gasteiger partial charge in [-0.25, -0.2) is 0 Å². The molecule has 96 valence electrons. The lowest BCUT2D eigenvalue weighted by molar-refractivity contribution is 0.657. The van der Waals surface area contributed by atoms with Crippen molar-refractivity contribution in [3.8, 4) is 0 Å². The van der Waals surface area contributed by atoms with Gasteiger partial charge in [-0.05, 0) is 65.3 Å². The molecule has 3 nitrogen and oxygen atoms in total. The second-order valence-corrected chi connectivity index (χ2v) is 6.28. The van der Waals surface area contributed by atoms with E-state index < -0.39 is 0 Å². The summed E-state index contributed by atoms with van der Waals surface area (Å²) in [7, 11) is 0. The van der Waals surface area contributed by atoms with E-state index in [9.17, 15) is 0 Å². The van der Waals surface area contributed by atoms with Crippen LogP contribution in [0.2, 0.25) is 0 Å². The fourth-order valence-electron chi connectivity index (χ4n) is 1.85. The van der Waals surface area contributed by atoms with E-state index in [1.165, 1.54) is 9.13 Å². The number of nitrogens with two attached hydrogens (primary N) is 1. The van der Waals surface area contributed by atoms with E-state index in [2.05, 4.69) is 68.9 Å². The van der Waals surface area contributed by atoms with E-state index in [4.69, 9.17) is 5.73 Å². The molecule has 1 atom stereocenters. The summed E-state index contributed by atoms with van der Waals surface area (Å²) in [6.07, 6.45) is 4.76. The van der Waals surface area contributed by atoms with Gasteiger partial charge in [0.1, 0.15) is 0 Å². The predicted octanol–water partition coefficient (Wildman–Crippen LogP) is 3.51. The Hall–Kier alpha value is -0.400. The van der Waals surface area contributed by atoms with E-state index in [0.717, 1.165) is 23.0 Å². The van der Waals surface area contributed by atoms with Crippen LogP contribution in [0.25, 0.3) is 0 Å². The van der Waals surface area contributed by atoms with Crippen LogP contribution in [-0.2, 0) is 13.0 Å². The Morgan fingerprint density at radius 1 is 1.50 bits per heavy atom. The largest absolute Gasteiger partial charge is 0.324 e. The van der Waals surface area contributed by atoms with Crippen LogP contribution in [-0.4, -0.2) is 9.78 Å². The van der Waals surface area contributed by atoms with Gasteiger partial charge < -0.3 is 5.73 Å². The number of aryl methyl sites for hydroxylation is 1. The van der Waals surface area contributed by atoms with Crippen molar-refractivity contribution < 1.29 is 0 Å². The first-order valence-corrected chi connectivity index (χ1v) is 7.69. The zero-order valence-corrected chi connectivity index (χ0v) is 13.8. The maximum atomic E-state index is 6.28. The van der Waals surface area contributed by atoms with Crippen molar-refractivity contribution in [2.45, 2.75) is 25.9 Å². The molecule has 0 aliphatic heterocycles. The van der Waals surface area contributed by atoms with Crippen molar-refractivity contribution in [1.82, 2.24) is 9.78 Å². The van der Waals surface area contributed by atoms with E-state index in [1.807, 2.05) is 16.9 Å². The molecule has 0 aliphatic carbocycles. The smallest absolute Gasteiger partial charge is 0.0522 e. The Morgan fingerprint density at radius 2 is 2.28 bits per heavy atom. The van der Waals surface area contributed by atoms with Gasteiger partial charge in [-0.15, -0.1) is 0 Å². The van der Waals surface area contributed by atoms with Crippen LogP contribution in [0.15, 0.2) is 35.1 Å². The van der Waals surface area contributed by atoms with Gasteiger partial charge >= 0.3 is 0 Å². The van der Waals surface area contributed by atoms with Crippen molar-refractivity contribution in [3.63, 3.8) is 0 Å². The molecule has 1 aromatic carbocycles. The molecule has 1 aromatic heterocycles. The van der Waals surface area contributed by atoms with Gasteiger partial charge in [-0.1, -0.05) is 15.9 Å². The molecular formula is C13H15BrIN3. The summed E-state index contributed by atoms with van der Waals surface area (Å²) in [5.74, 6) is 0. The molecule has 18 heavy (non-hydrogen) atoms. The molecule has 2 aromatic rings. The third kappa shape index (κ3) is 3.33. The third-order valence-electron chi connectivity index (χ3n) is 2.82. The molecule has 5 heteroatoms. The molecule has 0 bridgehead atoms. The average molecular weight is 420 g/mol. The number of aromatic nitrogens is 2. The molecule has 0 radical (unpaired) electrons. The van der Waals surface area contributed by atoms with Crippen molar-refractivity contribution >= 4 is 38.5 Å². The maximum absolute atomic E-state index is 6.28. The first-order valence-electron chi connectivity index (χ1n) is 5.82. The normalized spacial score (nSPS) is 12.7. The molecular weight excluding hydrogens is 405 g/mol. The topological polar surface area (TPSA) is 43.8 Å². The summed E-state index contributed by atoms with van der Waals surface area (Å²) in [6, 6.07) is 6.23. The second-order valence-electron chi connectivity index (χ2n) is 4.18. The number of nitrogens with zero attached hydrogens (tertiary/aromatic N) is 2. The van der Waals surface area contributed by atoms with Gasteiger partial charge in [0, 0.05) is 26.8 Å². The molecule has 0 aliphatic rings. The Bertz CT molecular complexity index is 539. The number of halogens is 2. The Balaban J connectivity index is 2.16. The highest BCUT2D eigenvalue weighted by Gasteiger charge is 2.12. The number of rotatable bonds is 4. The SMILES string of the molecule is CCn1cc(CC(N)c2cc(I)ccc2Br)cn1. The fraction of sp³-hybridized carbons (Fsp3) is 0.308. The highest BCUT2D eigenvalue weighted by molar-refractivity contribution is 14.1. The van der Waals surface area contributed by atoms with Crippen LogP contribution in [0.3, 0.4) is 0 Å². The third-order valence-corrected chi connectivity index (χ3v) is 4.22. The van der Waals surface area contributed by atoms with Crippen molar-refractivity contribution in [1.29, 1.82) is 0 Å². The Morgan fingerprint density at radius 3 is 2.94 bits per heavy atom. The van der Waals surface area contributed by atoms with Gasteiger partial charge in [0.2, 0.25) is 0 Å². The van der Waals surface area contributed by atoms with Crippen LogP contribution in [0, 0.1) is 3.57 Å². The minimum absolute atomic E-state index is 0.0106. The molecule has 0 saturated carbocycles. The fourth-order valence-corrected chi connectivity index (χ4v) is 2.90. The molecule has 2 N–H and O–H groups in total. The van der Waals surface area contributed by atoms with Gasteiger partial charge in [0.15, 0.2) is 0 Å². The highest BCUT2D eigenvalue weighted by Crippen LogP contribution is 2.26. The Labute approximate surface area is 129 Å². The number of benzene rings is 1. The zero-order valence-electron chi connectivity index (χ0n) is 10.1. The summed E-state index contributed by atoms with van der Waals surface area (Å²) in [5.41, 5.74) is 8.60. The quantitative estimate of drug-likeness (QED) is 0.770. The van der Waals surface area contributed by atoms with Gasteiger partial charge in [-0.3, -0.25) is 4.68 Å². The van der Waals surface area contributed by atoms with Gasteiger partial charge in [-0.2, -0.15) is 5.10 Å². The lowest BCUT2D eigenvalue weighted by atomic mass is 10.0. The first-order chi connectivity index (χ1) is 8.60. The lowest BCUT2D eigenvalue weighted by Crippen LogP contribution is -2.14. The van der Waals surface area contributed by atoms with Crippen LogP contribution in [0.1, 0.15) is 24.1 Å². The van der Waals surface area contributed by atoms with Crippen LogP contribution < -0.4 is 5.73 Å². The second kappa shape index (κ2) is 6.16. The molecule has 0 fully saturated rings. The summed E-state index contributed by atoms with van der Waals surface area (Å²) in [5, 5.41) is 4.27. The van der Waals surface area contributed by atoms with E-state index in [0.29, 0.717) is 0 Å². The monoisotopic (exact) mass is 419 g/mol. The number of hydrogen-bond acceptors (Lipinski definition) is 2. The van der Waals surface area contributed by atoms with Crippen molar-refractivity contribution in [2.75, 3.05) is 0 Å².